The maximum atomic E-state index is 14.4. The van der Waals surface area contributed by atoms with Gasteiger partial charge in [0.05, 0.1) is 16.9 Å². The van der Waals surface area contributed by atoms with Gasteiger partial charge in [0.15, 0.2) is 10.3 Å². The van der Waals surface area contributed by atoms with E-state index in [9.17, 15) is 17.2 Å². The molecule has 30 heavy (non-hydrogen) atoms. The summed E-state index contributed by atoms with van der Waals surface area (Å²) in [6.07, 6.45) is 5.88. The van der Waals surface area contributed by atoms with Gasteiger partial charge in [0, 0.05) is 6.54 Å². The number of nitrogens with two attached hydrogens (primary N) is 1. The molecule has 0 atom stereocenters. The van der Waals surface area contributed by atoms with E-state index in [-0.39, 0.29) is 15.6 Å². The fraction of sp³-hybridized carbons (Fsp3) is 0.526. The minimum Gasteiger partial charge on any atom is -0.384 e. The molecule has 1 heterocycles. The molecule has 0 aliphatic rings. The van der Waals surface area contributed by atoms with Crippen LogP contribution in [-0.2, 0) is 10.0 Å². The number of sulfonamides is 1. The first-order valence-corrected chi connectivity index (χ1v) is 12.3. The summed E-state index contributed by atoms with van der Waals surface area (Å²) in [5, 5.41) is 2.26. The first-order chi connectivity index (χ1) is 14.0. The van der Waals surface area contributed by atoms with E-state index in [0.717, 1.165) is 50.4 Å². The number of aromatic nitrogens is 1. The number of nitrogens with one attached hydrogen (secondary N) is 2. The highest BCUT2D eigenvalue weighted by atomic mass is 35.5. The molecule has 0 fully saturated rings. The molecule has 6 nitrogen and oxygen atoms in total. The van der Waals surface area contributed by atoms with Crippen molar-refractivity contribution in [1.82, 2.24) is 4.98 Å². The standard InChI is InChI=1S/C19H27ClF2N4O2S2/c1-19(2,7-8-23)6-4-3-5-9-24-15-11-14(21)16(10-13(15)20)30(27,28)26-18-25-12-17(22)29-18/h10-12,24H,3-9,23H2,1-2H3,(H,25,26). The number of halogens is 3. The molecule has 1 aromatic carbocycles. The van der Waals surface area contributed by atoms with Crippen LogP contribution in [0.25, 0.3) is 0 Å². The van der Waals surface area contributed by atoms with E-state index in [2.05, 4.69) is 24.1 Å². The lowest BCUT2D eigenvalue weighted by Gasteiger charge is -2.23. The second-order valence-electron chi connectivity index (χ2n) is 7.78. The SMILES string of the molecule is CC(C)(CCN)CCCCCNc1cc(F)c(S(=O)(=O)Nc2ncc(F)s2)cc1Cl. The third-order valence-electron chi connectivity index (χ3n) is 4.68. The lowest BCUT2D eigenvalue weighted by atomic mass is 9.84. The van der Waals surface area contributed by atoms with Crippen molar-refractivity contribution in [3.63, 3.8) is 0 Å². The van der Waals surface area contributed by atoms with Crippen LogP contribution in [0.15, 0.2) is 23.2 Å². The van der Waals surface area contributed by atoms with E-state index in [4.69, 9.17) is 17.3 Å². The van der Waals surface area contributed by atoms with Gasteiger partial charge in [-0.1, -0.05) is 49.6 Å². The molecule has 11 heteroatoms. The monoisotopic (exact) mass is 480 g/mol. The zero-order valence-electron chi connectivity index (χ0n) is 17.0. The highest BCUT2D eigenvalue weighted by molar-refractivity contribution is 7.93. The Morgan fingerprint density at radius 2 is 1.93 bits per heavy atom. The Hall–Kier alpha value is -1.49. The maximum absolute atomic E-state index is 14.4. The molecule has 0 unspecified atom stereocenters. The Labute approximate surface area is 185 Å². The van der Waals surface area contributed by atoms with E-state index in [0.29, 0.717) is 30.1 Å². The highest BCUT2D eigenvalue weighted by Crippen LogP contribution is 2.30. The Balaban J connectivity index is 1.91. The lowest BCUT2D eigenvalue weighted by molar-refractivity contribution is 0.300. The molecule has 0 radical (unpaired) electrons. The van der Waals surface area contributed by atoms with Crippen LogP contribution in [0.3, 0.4) is 0 Å². The quantitative estimate of drug-likeness (QED) is 0.362. The molecular weight excluding hydrogens is 454 g/mol. The average Bonchev–Trinajstić information content (AvgIpc) is 3.04. The van der Waals surface area contributed by atoms with Crippen LogP contribution in [0.5, 0.6) is 0 Å². The van der Waals surface area contributed by atoms with Crippen LogP contribution in [-0.4, -0.2) is 26.5 Å². The van der Waals surface area contributed by atoms with E-state index in [1.807, 2.05) is 4.72 Å². The van der Waals surface area contributed by atoms with Gasteiger partial charge < -0.3 is 11.1 Å². The molecule has 2 aromatic rings. The summed E-state index contributed by atoms with van der Waals surface area (Å²) >= 11 is 6.64. The first kappa shape index (κ1) is 24.8. The largest absolute Gasteiger partial charge is 0.384 e. The number of thiazole rings is 1. The second-order valence-corrected chi connectivity index (χ2v) is 10.8. The molecule has 0 amide bonds. The fourth-order valence-corrected chi connectivity index (χ4v) is 5.15. The summed E-state index contributed by atoms with van der Waals surface area (Å²) in [6.45, 7) is 5.67. The molecular formula is C19H27ClF2N4O2S2. The summed E-state index contributed by atoms with van der Waals surface area (Å²) in [5.74, 6) is -0.963. The molecule has 1 aromatic heterocycles. The van der Waals surface area contributed by atoms with Crippen LogP contribution >= 0.6 is 22.9 Å². The normalized spacial score (nSPS) is 12.2. The number of hydrogen-bond donors (Lipinski definition) is 3. The number of anilines is 2. The second kappa shape index (κ2) is 10.7. The fourth-order valence-electron chi connectivity index (χ4n) is 2.99. The Morgan fingerprint density at radius 1 is 1.20 bits per heavy atom. The van der Waals surface area contributed by atoms with Gasteiger partial charge in [0.25, 0.3) is 10.0 Å². The van der Waals surface area contributed by atoms with Crippen molar-refractivity contribution in [2.24, 2.45) is 11.1 Å². The molecule has 2 rings (SSSR count). The first-order valence-electron chi connectivity index (χ1n) is 9.61. The molecule has 0 bridgehead atoms. The van der Waals surface area contributed by atoms with Gasteiger partial charge in [-0.05, 0) is 43.4 Å². The molecule has 0 aliphatic heterocycles. The number of hydrogen-bond acceptors (Lipinski definition) is 6. The van der Waals surface area contributed by atoms with Gasteiger partial charge in [-0.3, -0.25) is 4.72 Å². The average molecular weight is 481 g/mol. The smallest absolute Gasteiger partial charge is 0.266 e. The van der Waals surface area contributed by atoms with Crippen molar-refractivity contribution in [3.8, 4) is 0 Å². The van der Waals surface area contributed by atoms with Crippen molar-refractivity contribution in [1.29, 1.82) is 0 Å². The van der Waals surface area contributed by atoms with Crippen molar-refractivity contribution >= 4 is 43.8 Å². The minimum atomic E-state index is -4.29. The summed E-state index contributed by atoms with van der Waals surface area (Å²) < 4.78 is 54.2. The topological polar surface area (TPSA) is 97.1 Å². The van der Waals surface area contributed by atoms with Crippen LogP contribution in [0.1, 0.15) is 46.0 Å². The van der Waals surface area contributed by atoms with Gasteiger partial charge in [0.1, 0.15) is 10.7 Å². The number of benzene rings is 1. The summed E-state index contributed by atoms with van der Waals surface area (Å²) in [4.78, 5) is 2.94. The molecule has 0 saturated carbocycles. The summed E-state index contributed by atoms with van der Waals surface area (Å²) in [7, 11) is -4.29. The van der Waals surface area contributed by atoms with Crippen LogP contribution in [0, 0.1) is 16.4 Å². The Morgan fingerprint density at radius 3 is 2.57 bits per heavy atom. The van der Waals surface area contributed by atoms with Crippen molar-refractivity contribution < 1.29 is 17.2 Å². The zero-order chi connectivity index (χ0) is 22.4. The zero-order valence-corrected chi connectivity index (χ0v) is 19.4. The van der Waals surface area contributed by atoms with Gasteiger partial charge in [-0.2, -0.15) is 4.39 Å². The van der Waals surface area contributed by atoms with Gasteiger partial charge in [-0.25, -0.2) is 17.8 Å². The minimum absolute atomic E-state index is 0.0752. The molecule has 0 saturated heterocycles. The predicted octanol–water partition coefficient (Wildman–Crippen LogP) is 5.22. The molecule has 4 N–H and O–H groups in total. The number of unbranched alkanes of at least 4 members (excludes halogenated alkanes) is 2. The molecule has 0 spiro atoms. The van der Waals surface area contributed by atoms with Crippen molar-refractivity contribution in [2.75, 3.05) is 23.1 Å². The third-order valence-corrected chi connectivity index (χ3v) is 7.17. The highest BCUT2D eigenvalue weighted by Gasteiger charge is 2.23. The van der Waals surface area contributed by atoms with E-state index >= 15 is 0 Å². The third kappa shape index (κ3) is 7.33. The Kier molecular flexibility index (Phi) is 8.84. The van der Waals surface area contributed by atoms with E-state index in [1.165, 1.54) is 0 Å². The number of nitrogens with zero attached hydrogens (tertiary/aromatic N) is 1. The van der Waals surface area contributed by atoms with Crippen LogP contribution in [0.4, 0.5) is 19.6 Å². The summed E-state index contributed by atoms with van der Waals surface area (Å²) in [6, 6.07) is 2.07. The van der Waals surface area contributed by atoms with Crippen LogP contribution in [0.2, 0.25) is 5.02 Å². The molecule has 0 aliphatic carbocycles. The predicted molar refractivity (Wildman–Crippen MR) is 119 cm³/mol. The Bertz CT molecular complexity index is 952. The van der Waals surface area contributed by atoms with E-state index in [1.54, 1.807) is 0 Å². The van der Waals surface area contributed by atoms with Gasteiger partial charge >= 0.3 is 0 Å². The lowest BCUT2D eigenvalue weighted by Crippen LogP contribution is -2.17. The maximum Gasteiger partial charge on any atom is 0.266 e. The number of rotatable bonds is 12. The van der Waals surface area contributed by atoms with Crippen LogP contribution < -0.4 is 15.8 Å². The summed E-state index contributed by atoms with van der Waals surface area (Å²) in [5.41, 5.74) is 6.17. The van der Waals surface area contributed by atoms with Gasteiger partial charge in [-0.15, -0.1) is 0 Å². The molecule has 168 valence electrons. The van der Waals surface area contributed by atoms with Crippen molar-refractivity contribution in [2.45, 2.75) is 50.8 Å². The van der Waals surface area contributed by atoms with E-state index < -0.39 is 25.9 Å². The van der Waals surface area contributed by atoms with Gasteiger partial charge in [0.2, 0.25) is 0 Å². The van der Waals surface area contributed by atoms with Crippen molar-refractivity contribution in [3.05, 3.63) is 34.3 Å².